The van der Waals surface area contributed by atoms with Gasteiger partial charge in [-0.05, 0) is 38.0 Å². The van der Waals surface area contributed by atoms with Crippen molar-refractivity contribution in [3.05, 3.63) is 34.9 Å². The Bertz CT molecular complexity index is 503. The van der Waals surface area contributed by atoms with Gasteiger partial charge in [0.05, 0.1) is 0 Å². The van der Waals surface area contributed by atoms with E-state index in [0.29, 0.717) is 17.2 Å². The fourth-order valence-electron chi connectivity index (χ4n) is 2.06. The molecule has 116 valence electrons. The lowest BCUT2D eigenvalue weighted by Gasteiger charge is -2.31. The summed E-state index contributed by atoms with van der Waals surface area (Å²) in [7, 11) is 0. The van der Waals surface area contributed by atoms with E-state index in [9.17, 15) is 14.7 Å². The van der Waals surface area contributed by atoms with Crippen molar-refractivity contribution in [3.8, 4) is 0 Å². The zero-order valence-electron chi connectivity index (χ0n) is 12.4. The highest BCUT2D eigenvalue weighted by Gasteiger charge is 2.41. The predicted octanol–water partition coefficient (Wildman–Crippen LogP) is 2.57. The Kier molecular flexibility index (Phi) is 6.18. The first-order valence-electron chi connectivity index (χ1n) is 6.80. The first kappa shape index (κ1) is 17.5. The normalized spacial score (nSPS) is 15.0. The monoisotopic (exact) mass is 313 g/mol. The largest absolute Gasteiger partial charge is 0.479 e. The number of aliphatic carboxylic acids is 1. The number of ether oxygens (including phenoxy) is 1. The summed E-state index contributed by atoms with van der Waals surface area (Å²) in [5.41, 5.74) is -1.02. The van der Waals surface area contributed by atoms with E-state index >= 15 is 0 Å². The van der Waals surface area contributed by atoms with Gasteiger partial charge in [0.15, 0.2) is 5.54 Å². The van der Waals surface area contributed by atoms with Crippen molar-refractivity contribution in [2.75, 3.05) is 6.61 Å². The number of carboxylic acid groups (broad SMARTS) is 1. The van der Waals surface area contributed by atoms with Gasteiger partial charge in [-0.2, -0.15) is 0 Å². The van der Waals surface area contributed by atoms with Gasteiger partial charge in [-0.25, -0.2) is 4.79 Å². The van der Waals surface area contributed by atoms with E-state index in [4.69, 9.17) is 16.3 Å². The van der Waals surface area contributed by atoms with Crippen LogP contribution < -0.4 is 5.32 Å². The summed E-state index contributed by atoms with van der Waals surface area (Å²) < 4.78 is 5.20. The molecule has 0 saturated carbocycles. The molecule has 21 heavy (non-hydrogen) atoms. The molecule has 1 amide bonds. The molecular formula is C15H20ClNO4. The van der Waals surface area contributed by atoms with Gasteiger partial charge in [0, 0.05) is 11.6 Å². The maximum Gasteiger partial charge on any atom is 0.334 e. The van der Waals surface area contributed by atoms with Crippen LogP contribution in [0.4, 0.5) is 0 Å². The van der Waals surface area contributed by atoms with Gasteiger partial charge in [-0.3, -0.25) is 4.79 Å². The molecule has 0 aliphatic rings. The van der Waals surface area contributed by atoms with Gasteiger partial charge in [0.1, 0.15) is 6.10 Å². The lowest BCUT2D eigenvalue weighted by atomic mass is 9.87. The maximum atomic E-state index is 12.1. The molecule has 0 fully saturated rings. The quantitative estimate of drug-likeness (QED) is 0.811. The highest BCUT2D eigenvalue weighted by molar-refractivity contribution is 6.30. The molecule has 0 aliphatic heterocycles. The van der Waals surface area contributed by atoms with Crippen molar-refractivity contribution in [1.29, 1.82) is 0 Å². The number of benzene rings is 1. The van der Waals surface area contributed by atoms with Crippen molar-refractivity contribution in [2.24, 2.45) is 0 Å². The first-order valence-corrected chi connectivity index (χ1v) is 7.18. The number of hydrogen-bond donors (Lipinski definition) is 2. The summed E-state index contributed by atoms with van der Waals surface area (Å²) in [6.45, 7) is 5.44. The lowest BCUT2D eigenvalue weighted by Crippen LogP contribution is -2.54. The summed E-state index contributed by atoms with van der Waals surface area (Å²) in [6.07, 6.45) is -0.512. The summed E-state index contributed by atoms with van der Waals surface area (Å²) in [6, 6.07) is 6.40. The van der Waals surface area contributed by atoms with E-state index in [1.807, 2.05) is 0 Å². The van der Waals surface area contributed by atoms with E-state index in [-0.39, 0.29) is 6.42 Å². The third-order valence-electron chi connectivity index (χ3n) is 3.35. The smallest absolute Gasteiger partial charge is 0.334 e. The summed E-state index contributed by atoms with van der Waals surface area (Å²) in [5, 5.41) is 12.7. The Morgan fingerprint density at radius 3 is 2.33 bits per heavy atom. The average Bonchev–Trinajstić information content (AvgIpc) is 2.45. The number of nitrogens with one attached hydrogen (secondary N) is 1. The van der Waals surface area contributed by atoms with Crippen LogP contribution in [0.15, 0.2) is 24.3 Å². The molecule has 0 aliphatic carbocycles. The second-order valence-corrected chi connectivity index (χ2v) is 5.09. The van der Waals surface area contributed by atoms with Crippen molar-refractivity contribution < 1.29 is 19.4 Å². The Morgan fingerprint density at radius 2 is 1.90 bits per heavy atom. The number of carboxylic acids is 1. The maximum absolute atomic E-state index is 12.1. The molecule has 6 heteroatoms. The molecule has 1 aromatic carbocycles. The fourth-order valence-corrected chi connectivity index (χ4v) is 2.19. The molecular weight excluding hydrogens is 294 g/mol. The van der Waals surface area contributed by atoms with Crippen molar-refractivity contribution in [2.45, 2.75) is 38.8 Å². The van der Waals surface area contributed by atoms with Crippen LogP contribution in [0.3, 0.4) is 0 Å². The molecule has 0 spiro atoms. The number of halogens is 1. The molecule has 2 N–H and O–H groups in total. The van der Waals surface area contributed by atoms with Crippen LogP contribution in [0.5, 0.6) is 0 Å². The highest BCUT2D eigenvalue weighted by Crippen LogP contribution is 2.27. The Hall–Kier alpha value is -1.59. The van der Waals surface area contributed by atoms with Gasteiger partial charge >= 0.3 is 5.97 Å². The van der Waals surface area contributed by atoms with E-state index in [0.717, 1.165) is 0 Å². The van der Waals surface area contributed by atoms with Crippen LogP contribution in [-0.4, -0.2) is 29.7 Å². The van der Waals surface area contributed by atoms with Crippen LogP contribution in [0.1, 0.15) is 32.8 Å². The topological polar surface area (TPSA) is 75.6 Å². The van der Waals surface area contributed by atoms with Gasteiger partial charge in [-0.15, -0.1) is 0 Å². The number of carbonyl (C=O) groups is 2. The zero-order valence-corrected chi connectivity index (χ0v) is 13.1. The fraction of sp³-hybridized carbons (Fsp3) is 0.467. The number of rotatable bonds is 7. The predicted molar refractivity (Wildman–Crippen MR) is 80.3 cm³/mol. The average molecular weight is 314 g/mol. The Labute approximate surface area is 129 Å². The number of hydrogen-bond acceptors (Lipinski definition) is 3. The Morgan fingerprint density at radius 1 is 1.33 bits per heavy atom. The molecule has 0 bridgehead atoms. The summed E-state index contributed by atoms with van der Waals surface area (Å²) in [4.78, 5) is 23.9. The summed E-state index contributed by atoms with van der Waals surface area (Å²) in [5.74, 6) is -1.58. The summed E-state index contributed by atoms with van der Waals surface area (Å²) >= 11 is 5.83. The lowest BCUT2D eigenvalue weighted by molar-refractivity contribution is -0.150. The van der Waals surface area contributed by atoms with E-state index in [2.05, 4.69) is 5.32 Å². The third kappa shape index (κ3) is 3.95. The van der Waals surface area contributed by atoms with E-state index in [1.54, 1.807) is 45.0 Å². The molecule has 2 unspecified atom stereocenters. The zero-order chi connectivity index (χ0) is 16.0. The van der Waals surface area contributed by atoms with Gasteiger partial charge in [0.2, 0.25) is 5.91 Å². The van der Waals surface area contributed by atoms with Gasteiger partial charge in [-0.1, -0.05) is 30.7 Å². The van der Waals surface area contributed by atoms with Crippen LogP contribution in [0.25, 0.3) is 0 Å². The van der Waals surface area contributed by atoms with Crippen molar-refractivity contribution in [1.82, 2.24) is 5.32 Å². The standard InChI is InChI=1S/C15H20ClNO4/c1-4-15(14(19)20,11-6-8-12(16)9-7-11)17-13(18)10(3)21-5-2/h6-10H,4-5H2,1-3H3,(H,17,18)(H,19,20). The van der Waals surface area contributed by atoms with Crippen LogP contribution >= 0.6 is 11.6 Å². The Balaban J connectivity index is 3.13. The van der Waals surface area contributed by atoms with Crippen LogP contribution in [0.2, 0.25) is 5.02 Å². The third-order valence-corrected chi connectivity index (χ3v) is 3.61. The second-order valence-electron chi connectivity index (χ2n) is 4.66. The molecule has 2 atom stereocenters. The highest BCUT2D eigenvalue weighted by atomic mass is 35.5. The molecule has 1 aromatic rings. The van der Waals surface area contributed by atoms with E-state index in [1.165, 1.54) is 0 Å². The minimum Gasteiger partial charge on any atom is -0.479 e. The molecule has 0 heterocycles. The molecule has 1 rings (SSSR count). The number of amides is 1. The molecule has 0 aromatic heterocycles. The van der Waals surface area contributed by atoms with Crippen molar-refractivity contribution in [3.63, 3.8) is 0 Å². The SMILES string of the molecule is CCOC(C)C(=O)NC(CC)(C(=O)O)c1ccc(Cl)cc1. The van der Waals surface area contributed by atoms with Crippen LogP contribution in [-0.2, 0) is 19.9 Å². The van der Waals surface area contributed by atoms with Crippen molar-refractivity contribution >= 4 is 23.5 Å². The van der Waals surface area contributed by atoms with Gasteiger partial charge in [0.25, 0.3) is 0 Å². The minimum absolute atomic E-state index is 0.203. The number of carbonyl (C=O) groups excluding carboxylic acids is 1. The molecule has 0 radical (unpaired) electrons. The van der Waals surface area contributed by atoms with Gasteiger partial charge < -0.3 is 15.2 Å². The molecule has 0 saturated heterocycles. The van der Waals surface area contributed by atoms with E-state index < -0.39 is 23.5 Å². The second kappa shape index (κ2) is 7.43. The minimum atomic E-state index is -1.49. The first-order chi connectivity index (χ1) is 9.87. The molecule has 5 nitrogen and oxygen atoms in total. The van der Waals surface area contributed by atoms with Crippen LogP contribution in [0, 0.1) is 0 Å².